The smallest absolute Gasteiger partial charge is 1.00 e. The molecule has 0 saturated carbocycles. The molecule has 0 nitrogen and oxygen atoms in total. The van der Waals surface area contributed by atoms with Gasteiger partial charge in [0.2, 0.25) is 0 Å². The predicted molar refractivity (Wildman–Crippen MR) is 222 cm³/mol. The van der Waals surface area contributed by atoms with E-state index in [1.807, 2.05) is 0 Å². The number of rotatable bonds is 6. The number of hydrogen-bond acceptors (Lipinski definition) is 0. The van der Waals surface area contributed by atoms with Gasteiger partial charge in [-0.25, -0.2) is 0 Å². The molecule has 0 heterocycles. The van der Waals surface area contributed by atoms with Gasteiger partial charge in [0.1, 0.15) is 0 Å². The molecule has 4 heteroatoms. The van der Waals surface area contributed by atoms with E-state index in [1.54, 1.807) is 23.3 Å². The van der Waals surface area contributed by atoms with Crippen LogP contribution in [0.15, 0.2) is 103 Å². The second kappa shape index (κ2) is 19.9. The summed E-state index contributed by atoms with van der Waals surface area (Å²) in [6.07, 6.45) is 3.71. The van der Waals surface area contributed by atoms with Crippen molar-refractivity contribution in [2.24, 2.45) is 0 Å². The number of aryl methyl sites for hydroxylation is 2. The zero-order valence-electron chi connectivity index (χ0n) is 33.8. The van der Waals surface area contributed by atoms with Crippen LogP contribution in [-0.4, -0.2) is 5.43 Å². The molecule has 0 radical (unpaired) electrons. The number of fused-ring (bicyclic) bond motifs is 2. The molecule has 6 rings (SSSR count). The van der Waals surface area contributed by atoms with Crippen LogP contribution in [0.2, 0.25) is 13.1 Å². The summed E-state index contributed by atoms with van der Waals surface area (Å²) in [6, 6.07) is 38.8. The standard InChI is InChI=1S/C24H29.C22H25.C2H6Si.2ClH.Zr/c1-6-7-8-18-15-22-17(2)9-14-21(23(22)16-18)19-10-12-20(13-11-19)24(3,4)5;1-15(2)18-13-17-7-6-8-20(21(17)14-18)16-9-11-19(12-10-16)22(3,4)5;1-3-2;;;/h9-16H,6-8H2,1-5H3;6-15H,1-5H3;1-2H3;2*1H;/q2*-1;;;;+2/p-2. The molecule has 0 atom stereocenters. The van der Waals surface area contributed by atoms with Crippen molar-refractivity contribution in [1.29, 1.82) is 0 Å². The minimum absolute atomic E-state index is 0. The van der Waals surface area contributed by atoms with Crippen LogP contribution in [0.3, 0.4) is 0 Å². The minimum atomic E-state index is 0. The number of hydrogen-bond donors (Lipinski definition) is 0. The summed E-state index contributed by atoms with van der Waals surface area (Å²) in [4.78, 5) is 0. The van der Waals surface area contributed by atoms with Crippen molar-refractivity contribution in [3.63, 3.8) is 0 Å². The summed E-state index contributed by atoms with van der Waals surface area (Å²) in [5.41, 5.74) is 13.0. The molecule has 276 valence electrons. The maximum Gasteiger partial charge on any atom is -1.00 e. The maximum atomic E-state index is 2.41. The van der Waals surface area contributed by atoms with E-state index in [1.165, 1.54) is 90.9 Å². The molecule has 0 aliphatic heterocycles. The zero-order chi connectivity index (χ0) is 36.8. The normalized spacial score (nSPS) is 11.3. The fourth-order valence-corrected chi connectivity index (χ4v) is 6.42. The summed E-state index contributed by atoms with van der Waals surface area (Å²) in [7, 11) is 0. The van der Waals surface area contributed by atoms with Crippen molar-refractivity contribution in [3.05, 3.63) is 131 Å². The summed E-state index contributed by atoms with van der Waals surface area (Å²) >= 11 is 1.74. The Morgan fingerprint density at radius 3 is 1.63 bits per heavy atom. The molecule has 0 N–H and O–H groups in total. The van der Waals surface area contributed by atoms with Crippen LogP contribution >= 0.6 is 0 Å². The third-order valence-corrected chi connectivity index (χ3v) is 9.55. The minimum Gasteiger partial charge on any atom is -1.00 e. The Kier molecular flexibility index (Phi) is 17.6. The quantitative estimate of drug-likeness (QED) is 0.117. The van der Waals surface area contributed by atoms with Crippen LogP contribution in [0.5, 0.6) is 0 Å². The van der Waals surface area contributed by atoms with Crippen molar-refractivity contribution in [1.82, 2.24) is 0 Å². The molecular weight excluding hydrogens is 767 g/mol. The van der Waals surface area contributed by atoms with E-state index >= 15 is 0 Å². The first kappa shape index (κ1) is 45.9. The first-order valence-corrected chi connectivity index (χ1v) is 24.8. The average Bonchev–Trinajstić information content (AvgIpc) is 3.69. The number of halogens is 2. The van der Waals surface area contributed by atoms with Gasteiger partial charge in [-0.3, -0.25) is 0 Å². The van der Waals surface area contributed by atoms with Gasteiger partial charge < -0.3 is 24.8 Å². The van der Waals surface area contributed by atoms with Gasteiger partial charge in [-0.1, -0.05) is 154 Å². The Labute approximate surface area is 344 Å². The van der Waals surface area contributed by atoms with E-state index in [9.17, 15) is 0 Å². The summed E-state index contributed by atoms with van der Waals surface area (Å²) in [5, 5.41) is 5.54. The van der Waals surface area contributed by atoms with Crippen LogP contribution in [0.25, 0.3) is 43.8 Å². The Hall–Kier alpha value is -2.22. The Balaban J connectivity index is 0.000000316. The van der Waals surface area contributed by atoms with Gasteiger partial charge in [0.25, 0.3) is 0 Å². The Morgan fingerprint density at radius 1 is 0.673 bits per heavy atom. The summed E-state index contributed by atoms with van der Waals surface area (Å²) in [5.74, 6) is 0.573. The number of benzene rings is 4. The van der Waals surface area contributed by atoms with E-state index in [0.717, 1.165) is 0 Å². The molecule has 0 unspecified atom stereocenters. The van der Waals surface area contributed by atoms with E-state index in [0.29, 0.717) is 5.92 Å². The van der Waals surface area contributed by atoms with Crippen molar-refractivity contribution < 1.29 is 48.1 Å². The van der Waals surface area contributed by atoms with Gasteiger partial charge in [0, 0.05) is 0 Å². The van der Waals surface area contributed by atoms with Crippen LogP contribution in [0, 0.1) is 6.92 Å². The fourth-order valence-electron chi connectivity index (χ4n) is 6.42. The van der Waals surface area contributed by atoms with Gasteiger partial charge in [0.05, 0.1) is 0 Å². The van der Waals surface area contributed by atoms with Gasteiger partial charge >= 0.3 is 41.9 Å². The molecule has 0 aromatic heterocycles. The second-order valence-corrected chi connectivity index (χ2v) is 26.0. The molecule has 0 fully saturated rings. The Bertz CT molecular complexity index is 2010. The van der Waals surface area contributed by atoms with Crippen LogP contribution in [0.4, 0.5) is 0 Å². The molecular formula is C48H60Cl2SiZr-2. The van der Waals surface area contributed by atoms with Crippen molar-refractivity contribution in [2.75, 3.05) is 0 Å². The molecule has 0 aliphatic rings. The largest absolute Gasteiger partial charge is 1.00 e. The first-order valence-electron chi connectivity index (χ1n) is 18.6. The van der Waals surface area contributed by atoms with E-state index < -0.39 is 0 Å². The zero-order valence-corrected chi connectivity index (χ0v) is 38.7. The molecule has 0 amide bonds. The van der Waals surface area contributed by atoms with E-state index in [-0.39, 0.29) is 41.1 Å². The second-order valence-electron chi connectivity index (χ2n) is 16.6. The SMILES string of the molecule is CC(C)c1cc2c(-c3ccc(C(C)(C)C)cc3)cccc2[cH-]1.CCCCc1cc2c(-c3ccc(C(C)(C)C)cc3)ccc(C)c2[cH-]1.C[Si](C)=[Zr+2].[Cl-].[Cl-]. The molecule has 0 spiro atoms. The molecule has 52 heavy (non-hydrogen) atoms. The Morgan fingerprint density at radius 2 is 1.17 bits per heavy atom. The molecule has 6 aromatic carbocycles. The van der Waals surface area contributed by atoms with Gasteiger partial charge in [0.15, 0.2) is 0 Å². The van der Waals surface area contributed by atoms with Crippen LogP contribution in [-0.2, 0) is 40.6 Å². The van der Waals surface area contributed by atoms with Crippen molar-refractivity contribution >= 4 is 27.0 Å². The first-order chi connectivity index (χ1) is 23.5. The monoisotopic (exact) mass is 824 g/mol. The van der Waals surface area contributed by atoms with E-state index in [4.69, 9.17) is 0 Å². The third kappa shape index (κ3) is 12.1. The molecule has 0 aliphatic carbocycles. The van der Waals surface area contributed by atoms with Gasteiger partial charge in [-0.05, 0) is 45.4 Å². The average molecular weight is 827 g/mol. The van der Waals surface area contributed by atoms with Gasteiger partial charge in [-0.15, -0.1) is 68.6 Å². The predicted octanol–water partition coefficient (Wildman–Crippen LogP) is 8.61. The number of unbranched alkanes of at least 4 members (excludes halogenated alkanes) is 1. The van der Waals surface area contributed by atoms with Crippen molar-refractivity contribution in [2.45, 2.75) is 118 Å². The fraction of sp³-hybridized carbons (Fsp3) is 0.375. The summed E-state index contributed by atoms with van der Waals surface area (Å²) < 4.78 is 0. The summed E-state index contributed by atoms with van der Waals surface area (Å²) in [6.45, 7) is 27.2. The third-order valence-electron chi connectivity index (χ3n) is 9.55. The molecule has 0 bridgehead atoms. The van der Waals surface area contributed by atoms with E-state index in [2.05, 4.69) is 185 Å². The topological polar surface area (TPSA) is 0 Å². The maximum absolute atomic E-state index is 2.41. The molecule has 0 saturated heterocycles. The van der Waals surface area contributed by atoms with Crippen LogP contribution in [0.1, 0.15) is 109 Å². The van der Waals surface area contributed by atoms with Gasteiger partial charge in [-0.2, -0.15) is 12.1 Å². The molecule has 6 aromatic rings. The van der Waals surface area contributed by atoms with Crippen molar-refractivity contribution in [3.8, 4) is 22.3 Å². The van der Waals surface area contributed by atoms with Crippen LogP contribution < -0.4 is 24.8 Å².